The molecule has 3 nitrogen and oxygen atoms in total. The number of rotatable bonds is 5. The van der Waals surface area contributed by atoms with Gasteiger partial charge in [-0.25, -0.2) is 9.97 Å². The summed E-state index contributed by atoms with van der Waals surface area (Å²) in [6.07, 6.45) is 1.95. The van der Waals surface area contributed by atoms with Crippen LogP contribution in [0.4, 0.5) is 0 Å². The van der Waals surface area contributed by atoms with Crippen molar-refractivity contribution < 1.29 is 0 Å². The smallest absolute Gasteiger partial charge is 0.129 e. The molecule has 0 amide bonds. The van der Waals surface area contributed by atoms with Crippen LogP contribution in [0.25, 0.3) is 0 Å². The summed E-state index contributed by atoms with van der Waals surface area (Å²) in [4.78, 5) is 9.32. The SMILES string of the molecule is CCNCCc1c(C)nc(CC(C)(C)C)nc1C. The number of nitrogens with one attached hydrogen (secondary N) is 1. The monoisotopic (exact) mass is 249 g/mol. The van der Waals surface area contributed by atoms with Crippen LogP contribution >= 0.6 is 0 Å². The number of likely N-dealkylation sites (N-methyl/N-ethyl adjacent to an activating group) is 1. The van der Waals surface area contributed by atoms with E-state index in [1.165, 1.54) is 5.56 Å². The summed E-state index contributed by atoms with van der Waals surface area (Å²) in [5, 5.41) is 3.35. The fraction of sp³-hybridized carbons (Fsp3) is 0.733. The lowest BCUT2D eigenvalue weighted by atomic mass is 9.92. The summed E-state index contributed by atoms with van der Waals surface area (Å²) in [5.41, 5.74) is 3.82. The maximum Gasteiger partial charge on any atom is 0.129 e. The summed E-state index contributed by atoms with van der Waals surface area (Å²) in [6.45, 7) is 15.0. The molecule has 0 aliphatic carbocycles. The van der Waals surface area contributed by atoms with Gasteiger partial charge in [0.25, 0.3) is 0 Å². The number of hydrogen-bond donors (Lipinski definition) is 1. The molecule has 0 aliphatic rings. The van der Waals surface area contributed by atoms with Gasteiger partial charge in [-0.05, 0) is 44.3 Å². The zero-order valence-corrected chi connectivity index (χ0v) is 12.7. The molecule has 1 heterocycles. The van der Waals surface area contributed by atoms with Crippen LogP contribution in [0.15, 0.2) is 0 Å². The van der Waals surface area contributed by atoms with E-state index in [0.29, 0.717) is 0 Å². The van der Waals surface area contributed by atoms with E-state index in [2.05, 4.69) is 56.8 Å². The highest BCUT2D eigenvalue weighted by atomic mass is 14.9. The molecule has 102 valence electrons. The first kappa shape index (κ1) is 15.1. The van der Waals surface area contributed by atoms with E-state index < -0.39 is 0 Å². The number of aryl methyl sites for hydroxylation is 2. The average Bonchev–Trinajstić information content (AvgIpc) is 2.19. The van der Waals surface area contributed by atoms with Gasteiger partial charge in [-0.2, -0.15) is 0 Å². The highest BCUT2D eigenvalue weighted by molar-refractivity contribution is 5.25. The largest absolute Gasteiger partial charge is 0.317 e. The molecule has 0 aliphatic heterocycles. The Labute approximate surface area is 111 Å². The normalized spacial score (nSPS) is 11.9. The molecule has 0 aromatic carbocycles. The van der Waals surface area contributed by atoms with E-state index >= 15 is 0 Å². The van der Waals surface area contributed by atoms with Gasteiger partial charge >= 0.3 is 0 Å². The topological polar surface area (TPSA) is 37.8 Å². The second-order valence-electron chi connectivity index (χ2n) is 6.13. The average molecular weight is 249 g/mol. The van der Waals surface area contributed by atoms with Crippen LogP contribution in [0, 0.1) is 19.3 Å². The van der Waals surface area contributed by atoms with E-state index in [0.717, 1.165) is 43.1 Å². The van der Waals surface area contributed by atoms with E-state index in [-0.39, 0.29) is 5.41 Å². The molecule has 1 aromatic rings. The molecular weight excluding hydrogens is 222 g/mol. The van der Waals surface area contributed by atoms with Crippen molar-refractivity contribution in [1.82, 2.24) is 15.3 Å². The van der Waals surface area contributed by atoms with Crippen molar-refractivity contribution in [1.29, 1.82) is 0 Å². The number of nitrogens with zero attached hydrogens (tertiary/aromatic N) is 2. The minimum absolute atomic E-state index is 0.240. The molecule has 0 radical (unpaired) electrons. The molecule has 1 rings (SSSR count). The Morgan fingerprint density at radius 2 is 1.61 bits per heavy atom. The van der Waals surface area contributed by atoms with Crippen LogP contribution in [-0.4, -0.2) is 23.1 Å². The highest BCUT2D eigenvalue weighted by Crippen LogP contribution is 2.20. The molecule has 3 heteroatoms. The molecule has 0 fully saturated rings. The van der Waals surface area contributed by atoms with Crippen molar-refractivity contribution >= 4 is 0 Å². The fourth-order valence-corrected chi connectivity index (χ4v) is 2.11. The van der Waals surface area contributed by atoms with E-state index in [1.54, 1.807) is 0 Å². The lowest BCUT2D eigenvalue weighted by Gasteiger charge is -2.18. The summed E-state index contributed by atoms with van der Waals surface area (Å²) in [6, 6.07) is 0. The van der Waals surface area contributed by atoms with E-state index in [4.69, 9.17) is 0 Å². The third-order valence-electron chi connectivity index (χ3n) is 2.96. The Hall–Kier alpha value is -0.960. The lowest BCUT2D eigenvalue weighted by molar-refractivity contribution is 0.399. The van der Waals surface area contributed by atoms with Gasteiger partial charge in [0.1, 0.15) is 5.82 Å². The van der Waals surface area contributed by atoms with Crippen LogP contribution in [0.1, 0.15) is 50.5 Å². The van der Waals surface area contributed by atoms with Crippen molar-refractivity contribution in [3.8, 4) is 0 Å². The summed E-state index contributed by atoms with van der Waals surface area (Å²) < 4.78 is 0. The van der Waals surface area contributed by atoms with Gasteiger partial charge in [0, 0.05) is 17.8 Å². The fourth-order valence-electron chi connectivity index (χ4n) is 2.11. The Kier molecular flexibility index (Phi) is 5.27. The van der Waals surface area contributed by atoms with Crippen LogP contribution < -0.4 is 5.32 Å². The summed E-state index contributed by atoms with van der Waals surface area (Å²) in [7, 11) is 0. The third-order valence-corrected chi connectivity index (χ3v) is 2.96. The Bertz CT molecular complexity index is 368. The molecule has 0 bridgehead atoms. The minimum atomic E-state index is 0.240. The zero-order chi connectivity index (χ0) is 13.8. The first-order chi connectivity index (χ1) is 8.33. The predicted octanol–water partition coefficient (Wildman–Crippen LogP) is 2.83. The number of aromatic nitrogens is 2. The summed E-state index contributed by atoms with van der Waals surface area (Å²) in [5.74, 6) is 0.977. The van der Waals surface area contributed by atoms with Crippen molar-refractivity contribution in [3.63, 3.8) is 0 Å². The second-order valence-corrected chi connectivity index (χ2v) is 6.13. The molecule has 0 spiro atoms. The molecule has 18 heavy (non-hydrogen) atoms. The van der Waals surface area contributed by atoms with Crippen molar-refractivity contribution in [3.05, 3.63) is 22.8 Å². The van der Waals surface area contributed by atoms with Gasteiger partial charge in [0.15, 0.2) is 0 Å². The zero-order valence-electron chi connectivity index (χ0n) is 12.7. The third kappa shape index (κ3) is 4.73. The molecule has 1 aromatic heterocycles. The van der Waals surface area contributed by atoms with Crippen LogP contribution in [0.2, 0.25) is 0 Å². The Morgan fingerprint density at radius 3 is 2.06 bits per heavy atom. The molecule has 0 atom stereocenters. The minimum Gasteiger partial charge on any atom is -0.317 e. The van der Waals surface area contributed by atoms with Gasteiger partial charge in [0.2, 0.25) is 0 Å². The molecule has 0 saturated carbocycles. The van der Waals surface area contributed by atoms with E-state index in [1.807, 2.05) is 0 Å². The Morgan fingerprint density at radius 1 is 1.06 bits per heavy atom. The number of hydrogen-bond acceptors (Lipinski definition) is 3. The van der Waals surface area contributed by atoms with Gasteiger partial charge < -0.3 is 5.32 Å². The van der Waals surface area contributed by atoms with Crippen LogP contribution in [0.5, 0.6) is 0 Å². The molecule has 0 saturated heterocycles. The van der Waals surface area contributed by atoms with Crippen molar-refractivity contribution in [2.45, 2.75) is 54.4 Å². The molecular formula is C15H27N3. The quantitative estimate of drug-likeness (QED) is 0.815. The lowest BCUT2D eigenvalue weighted by Crippen LogP contribution is -2.19. The standard InChI is InChI=1S/C15H27N3/c1-7-16-9-8-13-11(2)17-14(18-12(13)3)10-15(4,5)6/h16H,7-10H2,1-6H3. The first-order valence-corrected chi connectivity index (χ1v) is 6.87. The Balaban J connectivity index is 2.84. The molecule has 1 N–H and O–H groups in total. The van der Waals surface area contributed by atoms with Crippen molar-refractivity contribution in [2.24, 2.45) is 5.41 Å². The van der Waals surface area contributed by atoms with Gasteiger partial charge in [0.05, 0.1) is 0 Å². The summed E-state index contributed by atoms with van der Waals surface area (Å²) >= 11 is 0. The first-order valence-electron chi connectivity index (χ1n) is 6.87. The predicted molar refractivity (Wildman–Crippen MR) is 76.9 cm³/mol. The molecule has 0 unspecified atom stereocenters. The van der Waals surface area contributed by atoms with Gasteiger partial charge in [-0.15, -0.1) is 0 Å². The maximum absolute atomic E-state index is 4.66. The van der Waals surface area contributed by atoms with Crippen molar-refractivity contribution in [2.75, 3.05) is 13.1 Å². The van der Waals surface area contributed by atoms with Crippen LogP contribution in [-0.2, 0) is 12.8 Å². The maximum atomic E-state index is 4.66. The van der Waals surface area contributed by atoms with Gasteiger partial charge in [-0.3, -0.25) is 0 Å². The second kappa shape index (κ2) is 6.28. The van der Waals surface area contributed by atoms with Crippen LogP contribution in [0.3, 0.4) is 0 Å². The van der Waals surface area contributed by atoms with E-state index in [9.17, 15) is 0 Å². The highest BCUT2D eigenvalue weighted by Gasteiger charge is 2.15. The van der Waals surface area contributed by atoms with Gasteiger partial charge in [-0.1, -0.05) is 27.7 Å².